The summed E-state index contributed by atoms with van der Waals surface area (Å²) in [6, 6.07) is 18.5. The van der Waals surface area contributed by atoms with Crippen molar-refractivity contribution in [1.82, 2.24) is 4.98 Å². The van der Waals surface area contributed by atoms with E-state index < -0.39 is 0 Å². The molecule has 0 bridgehead atoms. The van der Waals surface area contributed by atoms with E-state index in [4.69, 9.17) is 19.7 Å². The summed E-state index contributed by atoms with van der Waals surface area (Å²) >= 11 is 0. The molecule has 2 aromatic carbocycles. The minimum Gasteiger partial charge on any atom is -0.494 e. The van der Waals surface area contributed by atoms with Crippen LogP contribution in [-0.4, -0.2) is 27.4 Å². The van der Waals surface area contributed by atoms with Crippen LogP contribution in [0.15, 0.2) is 54.7 Å². The van der Waals surface area contributed by atoms with Crippen LogP contribution in [-0.2, 0) is 20.1 Å². The molecule has 2 atom stereocenters. The van der Waals surface area contributed by atoms with Gasteiger partial charge in [0.05, 0.1) is 23.7 Å². The standard InChI is InChI=1S/C18H12NO2.C7H16O2.Ir/c1-12-9-10-14(19-11-12)13-5-4-8-17-18(13)21-16-7-3-2-6-15(16)20-17;1-3-6(8)5-7(9)4-2;/h2-4,6-11H,1H3;6-9H,3-5H2,1-2H3;/q-1;;. The number of pyridine rings is 1. The number of ether oxygens (including phenoxy) is 2. The Morgan fingerprint density at radius 3 is 2.13 bits per heavy atom. The molecule has 0 saturated heterocycles. The molecule has 1 aliphatic rings. The molecule has 5 nitrogen and oxygen atoms in total. The Kier molecular flexibility index (Phi) is 9.66. The number of aromatic nitrogens is 1. The molecular formula is C25H28IrNO4-. The van der Waals surface area contributed by atoms with E-state index in [1.807, 2.05) is 75.5 Å². The summed E-state index contributed by atoms with van der Waals surface area (Å²) in [4.78, 5) is 4.45. The van der Waals surface area contributed by atoms with Crippen molar-refractivity contribution in [2.45, 2.75) is 52.2 Å². The fraction of sp³-hybridized carbons (Fsp3) is 0.320. The summed E-state index contributed by atoms with van der Waals surface area (Å²) in [5.74, 6) is 2.77. The Bertz CT molecular complexity index is 954. The van der Waals surface area contributed by atoms with Gasteiger partial charge in [-0.1, -0.05) is 49.7 Å². The fourth-order valence-corrected chi connectivity index (χ4v) is 2.95. The zero-order valence-electron chi connectivity index (χ0n) is 18.0. The van der Waals surface area contributed by atoms with Crippen molar-refractivity contribution >= 4 is 0 Å². The molecule has 2 N–H and O–H groups in total. The van der Waals surface area contributed by atoms with Crippen molar-refractivity contribution in [3.8, 4) is 34.3 Å². The van der Waals surface area contributed by atoms with E-state index in [9.17, 15) is 0 Å². The second-order valence-corrected chi connectivity index (χ2v) is 7.28. The summed E-state index contributed by atoms with van der Waals surface area (Å²) in [5, 5.41) is 18.0. The number of nitrogens with zero attached hydrogens (tertiary/aromatic N) is 1. The van der Waals surface area contributed by atoms with Gasteiger partial charge in [0.15, 0.2) is 11.5 Å². The van der Waals surface area contributed by atoms with Gasteiger partial charge in [-0.3, -0.25) is 0 Å². The van der Waals surface area contributed by atoms with Gasteiger partial charge in [0, 0.05) is 26.3 Å². The first-order valence-corrected chi connectivity index (χ1v) is 10.3. The molecule has 0 spiro atoms. The number of hydrogen-bond donors (Lipinski definition) is 2. The van der Waals surface area contributed by atoms with Crippen molar-refractivity contribution in [2.24, 2.45) is 0 Å². The number of para-hydroxylation sites is 2. The molecule has 0 amide bonds. The van der Waals surface area contributed by atoms with Crippen molar-refractivity contribution in [1.29, 1.82) is 0 Å². The fourth-order valence-electron chi connectivity index (χ4n) is 2.95. The molecular weight excluding hydrogens is 570 g/mol. The van der Waals surface area contributed by atoms with E-state index >= 15 is 0 Å². The summed E-state index contributed by atoms with van der Waals surface area (Å²) in [7, 11) is 0. The number of rotatable bonds is 5. The van der Waals surface area contributed by atoms with Gasteiger partial charge in [-0.25, -0.2) is 0 Å². The van der Waals surface area contributed by atoms with Gasteiger partial charge < -0.3 is 24.7 Å². The topological polar surface area (TPSA) is 71.8 Å². The zero-order chi connectivity index (χ0) is 21.5. The van der Waals surface area contributed by atoms with Crippen molar-refractivity contribution in [3.63, 3.8) is 0 Å². The molecule has 2 heterocycles. The summed E-state index contributed by atoms with van der Waals surface area (Å²) < 4.78 is 11.9. The van der Waals surface area contributed by atoms with Gasteiger partial charge in [-0.05, 0) is 49.6 Å². The first-order chi connectivity index (χ1) is 14.5. The van der Waals surface area contributed by atoms with Gasteiger partial charge >= 0.3 is 0 Å². The maximum atomic E-state index is 9.00. The Morgan fingerprint density at radius 2 is 1.55 bits per heavy atom. The molecule has 1 radical (unpaired) electrons. The van der Waals surface area contributed by atoms with Crippen molar-refractivity contribution in [2.75, 3.05) is 0 Å². The van der Waals surface area contributed by atoms with Gasteiger partial charge in [-0.2, -0.15) is 0 Å². The van der Waals surface area contributed by atoms with Gasteiger partial charge in [0.1, 0.15) is 0 Å². The summed E-state index contributed by atoms with van der Waals surface area (Å²) in [6.07, 6.45) is 3.18. The van der Waals surface area contributed by atoms with E-state index in [0.29, 0.717) is 23.7 Å². The number of benzene rings is 2. The second kappa shape index (κ2) is 12.0. The zero-order valence-corrected chi connectivity index (χ0v) is 20.4. The molecule has 0 aliphatic carbocycles. The van der Waals surface area contributed by atoms with Crippen LogP contribution in [0.3, 0.4) is 0 Å². The molecule has 2 unspecified atom stereocenters. The van der Waals surface area contributed by atoms with Crippen LogP contribution in [0.25, 0.3) is 11.3 Å². The third kappa shape index (κ3) is 6.62. The molecule has 1 aliphatic heterocycles. The Balaban J connectivity index is 0.000000295. The average molecular weight is 599 g/mol. The maximum absolute atomic E-state index is 9.00. The van der Waals surface area contributed by atoms with Gasteiger partial charge in [0.2, 0.25) is 0 Å². The molecule has 0 saturated carbocycles. The van der Waals surface area contributed by atoms with E-state index in [0.717, 1.165) is 35.4 Å². The molecule has 4 rings (SSSR count). The monoisotopic (exact) mass is 599 g/mol. The molecule has 1 aromatic heterocycles. The van der Waals surface area contributed by atoms with E-state index in [1.165, 1.54) is 0 Å². The number of aliphatic hydroxyl groups excluding tert-OH is 2. The molecule has 3 aromatic rings. The third-order valence-electron chi connectivity index (χ3n) is 4.85. The van der Waals surface area contributed by atoms with E-state index in [1.54, 1.807) is 0 Å². The molecule has 31 heavy (non-hydrogen) atoms. The second-order valence-electron chi connectivity index (χ2n) is 7.28. The van der Waals surface area contributed by atoms with Crippen LogP contribution in [0.4, 0.5) is 0 Å². The minimum absolute atomic E-state index is 0. The predicted octanol–water partition coefficient (Wildman–Crippen LogP) is 5.67. The minimum atomic E-state index is -0.319. The van der Waals surface area contributed by atoms with Crippen LogP contribution in [0.2, 0.25) is 0 Å². The number of aliphatic hydroxyl groups is 2. The molecule has 6 heteroatoms. The number of aryl methyl sites for hydroxylation is 1. The van der Waals surface area contributed by atoms with Crippen LogP contribution >= 0.6 is 0 Å². The summed E-state index contributed by atoms with van der Waals surface area (Å²) in [6.45, 7) is 5.83. The van der Waals surface area contributed by atoms with Crippen LogP contribution in [0.1, 0.15) is 38.7 Å². The van der Waals surface area contributed by atoms with E-state index in [2.05, 4.69) is 11.1 Å². The molecule has 0 fully saturated rings. The Morgan fingerprint density at radius 1 is 0.903 bits per heavy atom. The van der Waals surface area contributed by atoms with Crippen LogP contribution in [0.5, 0.6) is 23.0 Å². The smallest absolute Gasteiger partial charge is 0.166 e. The van der Waals surface area contributed by atoms with Crippen LogP contribution in [0, 0.1) is 13.0 Å². The summed E-state index contributed by atoms with van der Waals surface area (Å²) in [5.41, 5.74) is 2.74. The first-order valence-electron chi connectivity index (χ1n) is 10.3. The van der Waals surface area contributed by atoms with E-state index in [-0.39, 0.29) is 32.3 Å². The number of fused-ring (bicyclic) bond motifs is 2. The van der Waals surface area contributed by atoms with Crippen molar-refractivity contribution in [3.05, 3.63) is 66.4 Å². The quantitative estimate of drug-likeness (QED) is 0.290. The van der Waals surface area contributed by atoms with Gasteiger partial charge in [-0.15, -0.1) is 12.1 Å². The van der Waals surface area contributed by atoms with Gasteiger partial charge in [0.25, 0.3) is 0 Å². The van der Waals surface area contributed by atoms with Crippen LogP contribution < -0.4 is 9.47 Å². The average Bonchev–Trinajstić information content (AvgIpc) is 2.78. The Hall–Kier alpha value is -2.24. The Labute approximate surface area is 197 Å². The third-order valence-corrected chi connectivity index (χ3v) is 4.85. The molecule has 167 valence electrons. The largest absolute Gasteiger partial charge is 0.494 e. The maximum Gasteiger partial charge on any atom is 0.166 e. The normalized spacial score (nSPS) is 13.1. The van der Waals surface area contributed by atoms with Crippen molar-refractivity contribution < 1.29 is 39.8 Å². The SMILES string of the molecule is CCC(O)CC(O)CC.Cc1ccc(-c2[c-]ccc3c2Oc2ccccc2O3)nc1.[Ir]. The first kappa shape index (κ1) is 25.0. The number of hydrogen-bond acceptors (Lipinski definition) is 5. The predicted molar refractivity (Wildman–Crippen MR) is 117 cm³/mol.